The van der Waals surface area contributed by atoms with Crippen LogP contribution in [0.25, 0.3) is 5.69 Å². The second kappa shape index (κ2) is 9.77. The monoisotopic (exact) mass is 492 g/mol. The van der Waals surface area contributed by atoms with Gasteiger partial charge in [-0.05, 0) is 67.1 Å². The number of fused-ring (bicyclic) bond motifs is 1. The van der Waals surface area contributed by atoms with Crippen molar-refractivity contribution >= 4 is 5.91 Å². The molecule has 3 atom stereocenters. The fourth-order valence-electron chi connectivity index (χ4n) is 6.12. The van der Waals surface area contributed by atoms with Crippen molar-refractivity contribution in [3.8, 4) is 5.69 Å². The first-order valence-electron chi connectivity index (χ1n) is 12.9. The van der Waals surface area contributed by atoms with Gasteiger partial charge in [-0.1, -0.05) is 48.4 Å². The Morgan fingerprint density at radius 3 is 2.59 bits per heavy atom. The summed E-state index contributed by atoms with van der Waals surface area (Å²) < 4.78 is 15.4. The lowest BCUT2D eigenvalue weighted by Gasteiger charge is -2.30. The number of carbonyl (C=O) groups excluding carboxylic acids is 1. The SMILES string of the molecule is C[C@@H]1C2=C(CC[C@@H]2CC(NC(=O)c2ccncc2)c2ccccc2)Cc2c1cnn2-c1ccc(F)cc1. The van der Waals surface area contributed by atoms with Crippen molar-refractivity contribution in [2.75, 3.05) is 0 Å². The lowest BCUT2D eigenvalue weighted by molar-refractivity contribution is 0.0931. The summed E-state index contributed by atoms with van der Waals surface area (Å²) in [5.74, 6) is 0.316. The molecule has 0 bridgehead atoms. The molecule has 0 saturated heterocycles. The van der Waals surface area contributed by atoms with E-state index in [2.05, 4.69) is 34.5 Å². The number of hydrogen-bond donors (Lipinski definition) is 1. The molecule has 0 aliphatic heterocycles. The summed E-state index contributed by atoms with van der Waals surface area (Å²) in [5, 5.41) is 7.99. The molecule has 0 fully saturated rings. The van der Waals surface area contributed by atoms with Crippen LogP contribution in [-0.4, -0.2) is 20.7 Å². The van der Waals surface area contributed by atoms with E-state index in [1.54, 1.807) is 36.7 Å². The number of carbonyl (C=O) groups is 1. The molecule has 2 aliphatic rings. The molecule has 186 valence electrons. The normalized spacial score (nSPS) is 19.3. The Balaban J connectivity index is 1.27. The van der Waals surface area contributed by atoms with Gasteiger partial charge in [0.15, 0.2) is 0 Å². The van der Waals surface area contributed by atoms with E-state index in [4.69, 9.17) is 0 Å². The molecule has 0 spiro atoms. The first kappa shape index (κ1) is 23.3. The molecule has 1 N–H and O–H groups in total. The number of aromatic nitrogens is 3. The fourth-order valence-corrected chi connectivity index (χ4v) is 6.12. The van der Waals surface area contributed by atoms with Gasteiger partial charge in [-0.15, -0.1) is 0 Å². The largest absolute Gasteiger partial charge is 0.345 e. The van der Waals surface area contributed by atoms with Crippen LogP contribution in [0.5, 0.6) is 0 Å². The smallest absolute Gasteiger partial charge is 0.251 e. The molecule has 1 unspecified atom stereocenters. The maximum Gasteiger partial charge on any atom is 0.251 e. The summed E-state index contributed by atoms with van der Waals surface area (Å²) in [4.78, 5) is 17.1. The Morgan fingerprint density at radius 1 is 1.08 bits per heavy atom. The Hall–Kier alpha value is -4.06. The second-order valence-corrected chi connectivity index (χ2v) is 10.0. The summed E-state index contributed by atoms with van der Waals surface area (Å²) >= 11 is 0. The van der Waals surface area contributed by atoms with Crippen LogP contribution in [0.2, 0.25) is 0 Å². The van der Waals surface area contributed by atoms with Crippen LogP contribution in [0.1, 0.15) is 65.3 Å². The number of allylic oxidation sites excluding steroid dienone is 2. The second-order valence-electron chi connectivity index (χ2n) is 10.0. The van der Waals surface area contributed by atoms with Crippen LogP contribution in [0.3, 0.4) is 0 Å². The molecule has 2 aliphatic carbocycles. The van der Waals surface area contributed by atoms with E-state index in [-0.39, 0.29) is 23.7 Å². The molecule has 2 heterocycles. The van der Waals surface area contributed by atoms with Crippen molar-refractivity contribution in [2.24, 2.45) is 5.92 Å². The quantitative estimate of drug-likeness (QED) is 0.320. The van der Waals surface area contributed by atoms with Crippen LogP contribution in [-0.2, 0) is 6.42 Å². The predicted molar refractivity (Wildman–Crippen MR) is 141 cm³/mol. The Labute approximate surface area is 216 Å². The highest BCUT2D eigenvalue weighted by atomic mass is 19.1. The van der Waals surface area contributed by atoms with Crippen LogP contribution in [0, 0.1) is 11.7 Å². The summed E-state index contributed by atoms with van der Waals surface area (Å²) in [5.41, 5.74) is 8.05. The minimum atomic E-state index is -0.245. The van der Waals surface area contributed by atoms with E-state index in [0.717, 1.165) is 36.9 Å². The molecule has 6 heteroatoms. The molecule has 0 radical (unpaired) electrons. The Morgan fingerprint density at radius 2 is 1.84 bits per heavy atom. The highest BCUT2D eigenvalue weighted by molar-refractivity contribution is 5.94. The number of nitrogens with one attached hydrogen (secondary N) is 1. The average molecular weight is 493 g/mol. The molecule has 4 aromatic rings. The van der Waals surface area contributed by atoms with Crippen molar-refractivity contribution < 1.29 is 9.18 Å². The molecule has 5 nitrogen and oxygen atoms in total. The van der Waals surface area contributed by atoms with E-state index >= 15 is 0 Å². The molecule has 1 amide bonds. The summed E-state index contributed by atoms with van der Waals surface area (Å²) in [6.07, 6.45) is 9.12. The topological polar surface area (TPSA) is 59.8 Å². The van der Waals surface area contributed by atoms with E-state index in [0.29, 0.717) is 11.5 Å². The van der Waals surface area contributed by atoms with Gasteiger partial charge in [-0.25, -0.2) is 9.07 Å². The minimum absolute atomic E-state index is 0.0805. The van der Waals surface area contributed by atoms with Gasteiger partial charge in [0.05, 0.1) is 23.6 Å². The number of amides is 1. The third kappa shape index (κ3) is 4.48. The van der Waals surface area contributed by atoms with Crippen LogP contribution >= 0.6 is 0 Å². The molecule has 0 saturated carbocycles. The number of hydrogen-bond acceptors (Lipinski definition) is 3. The fraction of sp³-hybridized carbons (Fsp3) is 0.258. The van der Waals surface area contributed by atoms with Crippen molar-refractivity contribution in [1.82, 2.24) is 20.1 Å². The van der Waals surface area contributed by atoms with Crippen molar-refractivity contribution in [3.05, 3.63) is 125 Å². The molecule has 2 aromatic heterocycles. The highest BCUT2D eigenvalue weighted by Gasteiger charge is 2.37. The standard InChI is InChI=1S/C31H29FN4O/c1-20-27-19-34-36(26-11-9-25(32)10-12-26)29(27)18-24-8-7-23(30(20)24)17-28(21-5-3-2-4-6-21)35-31(37)22-13-15-33-16-14-22/h2-6,9-16,19-20,23,28H,7-8,17-18H2,1H3,(H,35,37)/t20-,23+,28?/m0/s1. The van der Waals surface area contributed by atoms with Gasteiger partial charge < -0.3 is 5.32 Å². The molecule has 6 rings (SSSR count). The van der Waals surface area contributed by atoms with Gasteiger partial charge in [-0.3, -0.25) is 9.78 Å². The van der Waals surface area contributed by atoms with Crippen molar-refractivity contribution in [2.45, 2.75) is 44.6 Å². The van der Waals surface area contributed by atoms with E-state index in [1.165, 1.54) is 34.5 Å². The van der Waals surface area contributed by atoms with Gasteiger partial charge >= 0.3 is 0 Å². The molecule has 2 aromatic carbocycles. The number of halogens is 1. The van der Waals surface area contributed by atoms with Gasteiger partial charge in [-0.2, -0.15) is 5.10 Å². The van der Waals surface area contributed by atoms with Crippen LogP contribution < -0.4 is 5.32 Å². The number of rotatable bonds is 6. The first-order valence-corrected chi connectivity index (χ1v) is 12.9. The Bertz CT molecular complexity index is 1440. The van der Waals surface area contributed by atoms with Gasteiger partial charge in [0, 0.05) is 35.9 Å². The first-order chi connectivity index (χ1) is 18.1. The van der Waals surface area contributed by atoms with Crippen LogP contribution in [0.15, 0.2) is 96.5 Å². The molecular formula is C31H29FN4O. The third-order valence-corrected chi connectivity index (χ3v) is 7.90. The summed E-state index contributed by atoms with van der Waals surface area (Å²) in [6, 6.07) is 20.2. The van der Waals surface area contributed by atoms with Gasteiger partial charge in [0.2, 0.25) is 0 Å². The van der Waals surface area contributed by atoms with E-state index in [9.17, 15) is 9.18 Å². The third-order valence-electron chi connectivity index (χ3n) is 7.90. The van der Waals surface area contributed by atoms with Gasteiger partial charge in [0.25, 0.3) is 5.91 Å². The maximum atomic E-state index is 13.5. The van der Waals surface area contributed by atoms with E-state index < -0.39 is 0 Å². The highest BCUT2D eigenvalue weighted by Crippen LogP contribution is 2.49. The summed E-state index contributed by atoms with van der Waals surface area (Å²) in [7, 11) is 0. The van der Waals surface area contributed by atoms with Gasteiger partial charge in [0.1, 0.15) is 5.82 Å². The maximum absolute atomic E-state index is 13.5. The minimum Gasteiger partial charge on any atom is -0.345 e. The number of nitrogens with zero attached hydrogens (tertiary/aromatic N) is 3. The Kier molecular flexibility index (Phi) is 6.16. The lowest BCUT2D eigenvalue weighted by Crippen LogP contribution is -2.30. The average Bonchev–Trinajstić information content (AvgIpc) is 3.55. The predicted octanol–water partition coefficient (Wildman–Crippen LogP) is 6.33. The zero-order chi connectivity index (χ0) is 25.4. The molecule has 37 heavy (non-hydrogen) atoms. The number of benzene rings is 2. The van der Waals surface area contributed by atoms with Crippen LogP contribution in [0.4, 0.5) is 4.39 Å². The van der Waals surface area contributed by atoms with Crippen molar-refractivity contribution in [1.29, 1.82) is 0 Å². The zero-order valence-electron chi connectivity index (χ0n) is 20.8. The lowest BCUT2D eigenvalue weighted by atomic mass is 9.77. The zero-order valence-corrected chi connectivity index (χ0v) is 20.8. The molecular weight excluding hydrogens is 463 g/mol. The van der Waals surface area contributed by atoms with Crippen molar-refractivity contribution in [3.63, 3.8) is 0 Å². The number of pyridine rings is 1. The summed E-state index contributed by atoms with van der Waals surface area (Å²) in [6.45, 7) is 2.27. The van der Waals surface area contributed by atoms with E-state index in [1.807, 2.05) is 29.1 Å².